The molecule has 0 atom stereocenters. The fourth-order valence-electron chi connectivity index (χ4n) is 4.42. The molecule has 0 radical (unpaired) electrons. The molecule has 0 spiro atoms. The second-order valence-electron chi connectivity index (χ2n) is 6.95. The summed E-state index contributed by atoms with van der Waals surface area (Å²) in [7, 11) is 0. The van der Waals surface area contributed by atoms with Gasteiger partial charge in [0.1, 0.15) is 0 Å². The summed E-state index contributed by atoms with van der Waals surface area (Å²) >= 11 is 0. The first-order valence-electron chi connectivity index (χ1n) is 8.83. The molecule has 120 valence electrons. The van der Waals surface area contributed by atoms with E-state index in [2.05, 4.69) is 60.7 Å². The maximum absolute atomic E-state index is 13.5. The van der Waals surface area contributed by atoms with Gasteiger partial charge in [-0.25, -0.2) is 0 Å². The summed E-state index contributed by atoms with van der Waals surface area (Å²) in [5.74, 6) is 0.109. The van der Waals surface area contributed by atoms with Crippen LogP contribution in [-0.2, 0) is 4.79 Å². The molecule has 0 heterocycles. The summed E-state index contributed by atoms with van der Waals surface area (Å²) in [6.07, 6.45) is 4.09. The lowest BCUT2D eigenvalue weighted by Crippen LogP contribution is -2.02. The molecule has 0 aliphatic heterocycles. The molecule has 0 bridgehead atoms. The Morgan fingerprint density at radius 2 is 0.962 bits per heavy atom. The molecule has 0 amide bonds. The minimum Gasteiger partial charge on any atom is -0.289 e. The summed E-state index contributed by atoms with van der Waals surface area (Å²) in [5.41, 5.74) is 5.96. The van der Waals surface area contributed by atoms with Crippen molar-refractivity contribution >= 4 is 50.6 Å². The Morgan fingerprint density at radius 3 is 1.42 bits per heavy atom. The van der Waals surface area contributed by atoms with Crippen LogP contribution in [0.5, 0.6) is 0 Å². The van der Waals surface area contributed by atoms with Crippen LogP contribution in [0.25, 0.3) is 44.8 Å². The van der Waals surface area contributed by atoms with Crippen LogP contribution in [0, 0.1) is 0 Å². The minimum absolute atomic E-state index is 0.109. The monoisotopic (exact) mass is 330 g/mol. The highest BCUT2D eigenvalue weighted by Gasteiger charge is 2.28. The molecule has 4 aromatic rings. The van der Waals surface area contributed by atoms with Gasteiger partial charge in [0.15, 0.2) is 5.78 Å². The summed E-state index contributed by atoms with van der Waals surface area (Å²) in [6, 6.07) is 24.9. The molecule has 6 rings (SSSR count). The molecule has 2 aliphatic carbocycles. The average molecular weight is 330 g/mol. The Balaban J connectivity index is 1.55. The first-order valence-corrected chi connectivity index (χ1v) is 8.83. The van der Waals surface area contributed by atoms with Gasteiger partial charge in [-0.3, -0.25) is 4.79 Å². The molecule has 4 aromatic carbocycles. The molecule has 26 heavy (non-hydrogen) atoms. The highest BCUT2D eigenvalue weighted by molar-refractivity contribution is 6.51. The lowest BCUT2D eigenvalue weighted by molar-refractivity contribution is -0.108. The number of carbonyl (C=O) groups is 1. The van der Waals surface area contributed by atoms with Gasteiger partial charge < -0.3 is 0 Å². The molecular formula is C25H14O. The lowest BCUT2D eigenvalue weighted by Gasteiger charge is -2.08. The standard InChI is InChI=1S/C25H14O/c26-25(21-13-17-9-1-5-15-7-3-11-19(21)23(15)17)22-14-18-10-2-6-16-8-4-12-20(22)24(16)18/h1-14H. The predicted octanol–water partition coefficient (Wildman–Crippen LogP) is 5.97. The van der Waals surface area contributed by atoms with Crippen LogP contribution in [0.2, 0.25) is 0 Å². The topological polar surface area (TPSA) is 17.1 Å². The highest BCUT2D eigenvalue weighted by atomic mass is 16.1. The van der Waals surface area contributed by atoms with Crippen molar-refractivity contribution in [2.24, 2.45) is 0 Å². The predicted molar refractivity (Wildman–Crippen MR) is 109 cm³/mol. The number of ketones is 1. The Labute approximate surface area is 150 Å². The lowest BCUT2D eigenvalue weighted by atomic mass is 9.93. The largest absolute Gasteiger partial charge is 0.289 e. The van der Waals surface area contributed by atoms with Crippen molar-refractivity contribution in [1.82, 2.24) is 0 Å². The molecule has 2 aliphatic rings. The zero-order chi connectivity index (χ0) is 17.3. The van der Waals surface area contributed by atoms with Crippen molar-refractivity contribution in [2.45, 2.75) is 0 Å². The molecule has 0 unspecified atom stereocenters. The van der Waals surface area contributed by atoms with E-state index < -0.39 is 0 Å². The van der Waals surface area contributed by atoms with Crippen LogP contribution < -0.4 is 0 Å². The van der Waals surface area contributed by atoms with Crippen LogP contribution in [0.3, 0.4) is 0 Å². The number of Topliss-reactive ketones (excluding diaryl/α,β-unsaturated/α-hetero) is 1. The molecule has 0 saturated heterocycles. The Hall–Kier alpha value is -3.45. The number of allylic oxidation sites excluding steroid dienone is 2. The molecule has 0 saturated carbocycles. The summed E-state index contributed by atoms with van der Waals surface area (Å²) < 4.78 is 0. The van der Waals surface area contributed by atoms with Gasteiger partial charge in [-0.05, 0) is 56.0 Å². The number of carbonyl (C=O) groups excluding carboxylic acids is 1. The van der Waals surface area contributed by atoms with E-state index in [9.17, 15) is 4.79 Å². The second-order valence-corrected chi connectivity index (χ2v) is 6.95. The summed E-state index contributed by atoms with van der Waals surface area (Å²) in [5, 5.41) is 4.75. The summed E-state index contributed by atoms with van der Waals surface area (Å²) in [6.45, 7) is 0. The molecular weight excluding hydrogens is 316 g/mol. The van der Waals surface area contributed by atoms with Gasteiger partial charge in [0.25, 0.3) is 0 Å². The van der Waals surface area contributed by atoms with Gasteiger partial charge in [0, 0.05) is 11.1 Å². The van der Waals surface area contributed by atoms with Gasteiger partial charge in [-0.1, -0.05) is 72.8 Å². The molecule has 0 aromatic heterocycles. The Morgan fingerprint density at radius 1 is 0.538 bits per heavy atom. The molecule has 0 fully saturated rings. The first-order chi connectivity index (χ1) is 12.8. The maximum atomic E-state index is 13.5. The van der Waals surface area contributed by atoms with Gasteiger partial charge in [0.05, 0.1) is 0 Å². The fraction of sp³-hybridized carbons (Fsp3) is 0. The molecule has 0 N–H and O–H groups in total. The van der Waals surface area contributed by atoms with Crippen molar-refractivity contribution in [2.75, 3.05) is 0 Å². The van der Waals surface area contributed by atoms with E-state index in [1.54, 1.807) is 0 Å². The van der Waals surface area contributed by atoms with Crippen molar-refractivity contribution in [3.8, 4) is 0 Å². The van der Waals surface area contributed by atoms with Crippen LogP contribution in [0.4, 0.5) is 0 Å². The highest BCUT2D eigenvalue weighted by Crippen LogP contribution is 2.43. The van der Waals surface area contributed by atoms with Crippen molar-refractivity contribution in [3.63, 3.8) is 0 Å². The SMILES string of the molecule is O=C(C1=Cc2cccc3cccc1c23)C1=Cc2cccc3cccc1c23. The van der Waals surface area contributed by atoms with E-state index in [0.29, 0.717) is 0 Å². The first kappa shape index (κ1) is 13.8. The Bertz CT molecular complexity index is 1220. The third-order valence-corrected chi connectivity index (χ3v) is 5.54. The quantitative estimate of drug-likeness (QED) is 0.442. The summed E-state index contributed by atoms with van der Waals surface area (Å²) in [4.78, 5) is 13.5. The minimum atomic E-state index is 0.109. The van der Waals surface area contributed by atoms with Crippen LogP contribution >= 0.6 is 0 Å². The number of rotatable bonds is 2. The van der Waals surface area contributed by atoms with Crippen LogP contribution in [0.1, 0.15) is 22.3 Å². The van der Waals surface area contributed by atoms with Gasteiger partial charge in [0.2, 0.25) is 0 Å². The number of benzene rings is 4. The molecule has 1 heteroatoms. The smallest absolute Gasteiger partial charge is 0.194 e. The number of hydrogen-bond acceptors (Lipinski definition) is 1. The third-order valence-electron chi connectivity index (χ3n) is 5.54. The van der Waals surface area contributed by atoms with Crippen LogP contribution in [-0.4, -0.2) is 5.78 Å². The van der Waals surface area contributed by atoms with Crippen molar-refractivity contribution < 1.29 is 4.79 Å². The van der Waals surface area contributed by atoms with E-state index >= 15 is 0 Å². The zero-order valence-corrected chi connectivity index (χ0v) is 14.0. The van der Waals surface area contributed by atoms with Gasteiger partial charge >= 0.3 is 0 Å². The zero-order valence-electron chi connectivity index (χ0n) is 14.0. The van der Waals surface area contributed by atoms with E-state index in [1.807, 2.05) is 24.3 Å². The van der Waals surface area contributed by atoms with E-state index in [4.69, 9.17) is 0 Å². The maximum Gasteiger partial charge on any atom is 0.194 e. The molecule has 1 nitrogen and oxygen atoms in total. The van der Waals surface area contributed by atoms with Crippen molar-refractivity contribution in [3.05, 3.63) is 95.1 Å². The van der Waals surface area contributed by atoms with Crippen LogP contribution in [0.15, 0.2) is 72.8 Å². The van der Waals surface area contributed by atoms with E-state index in [1.165, 1.54) is 21.5 Å². The third kappa shape index (κ3) is 1.67. The second kappa shape index (κ2) is 4.80. The van der Waals surface area contributed by atoms with E-state index in [0.717, 1.165) is 33.4 Å². The van der Waals surface area contributed by atoms with Crippen molar-refractivity contribution in [1.29, 1.82) is 0 Å². The van der Waals surface area contributed by atoms with Gasteiger partial charge in [-0.15, -0.1) is 0 Å². The average Bonchev–Trinajstić information content (AvgIpc) is 3.24. The van der Waals surface area contributed by atoms with Gasteiger partial charge in [-0.2, -0.15) is 0 Å². The number of hydrogen-bond donors (Lipinski definition) is 0. The fourth-order valence-corrected chi connectivity index (χ4v) is 4.42. The Kier molecular flexibility index (Phi) is 2.55. The normalized spacial score (nSPS) is 14.0. The van der Waals surface area contributed by atoms with E-state index in [-0.39, 0.29) is 5.78 Å².